The van der Waals surface area contributed by atoms with Crippen LogP contribution in [0.2, 0.25) is 0 Å². The molecule has 0 heterocycles. The number of nitrogens with zero attached hydrogens (tertiary/aromatic N) is 2. The molecule has 0 radical (unpaired) electrons. The summed E-state index contributed by atoms with van der Waals surface area (Å²) in [6.07, 6.45) is -10.2. The fourth-order valence-electron chi connectivity index (χ4n) is 2.99. The Balaban J connectivity index is 1.82. The van der Waals surface area contributed by atoms with Crippen LogP contribution in [0, 0.1) is 0 Å². The number of alkyl halides is 6. The van der Waals surface area contributed by atoms with Crippen molar-refractivity contribution in [1.82, 2.24) is 10.9 Å². The minimum absolute atomic E-state index is 0.102. The Morgan fingerprint density at radius 1 is 0.659 bits per heavy atom. The lowest BCUT2D eigenvalue weighted by Gasteiger charge is -2.09. The Kier molecular flexibility index (Phi) is 11.1. The zero-order valence-corrected chi connectivity index (χ0v) is 21.5. The van der Waals surface area contributed by atoms with Crippen LogP contribution in [-0.2, 0) is 19.2 Å². The van der Waals surface area contributed by atoms with E-state index in [0.29, 0.717) is 11.1 Å². The number of hydrazone groups is 2. The number of benzene rings is 2. The van der Waals surface area contributed by atoms with Gasteiger partial charge in [0.1, 0.15) is 0 Å². The first kappa shape index (κ1) is 32.5. The normalized spacial score (nSPS) is 12.4. The summed E-state index contributed by atoms with van der Waals surface area (Å²) in [6.45, 7) is 2.97. The third kappa shape index (κ3) is 11.1. The second kappa shape index (κ2) is 14.0. The lowest BCUT2D eigenvalue weighted by atomic mass is 10.1. The molecule has 41 heavy (non-hydrogen) atoms. The number of hydrogen-bond acceptors (Lipinski definition) is 6. The van der Waals surface area contributed by atoms with E-state index in [2.05, 4.69) is 21.1 Å². The summed E-state index contributed by atoms with van der Waals surface area (Å²) in [4.78, 5) is 46.3. The van der Waals surface area contributed by atoms with E-state index in [0.717, 1.165) is 0 Å². The third-order valence-corrected chi connectivity index (χ3v) is 5.10. The summed E-state index contributed by atoms with van der Waals surface area (Å²) >= 11 is 0. The number of hydrogen-bond donors (Lipinski definition) is 4. The first-order valence-electron chi connectivity index (χ1n) is 11.7. The summed E-state index contributed by atoms with van der Waals surface area (Å²) in [5.74, 6) is -5.36. The van der Waals surface area contributed by atoms with Gasteiger partial charge in [0.05, 0.1) is 11.4 Å². The van der Waals surface area contributed by atoms with E-state index in [-0.39, 0.29) is 42.1 Å². The molecular weight excluding hydrogens is 562 g/mol. The minimum Gasteiger partial charge on any atom is -0.318 e. The number of anilines is 2. The summed E-state index contributed by atoms with van der Waals surface area (Å²) in [7, 11) is 0. The molecular formula is C25H24F6N6O4. The molecule has 0 saturated heterocycles. The van der Waals surface area contributed by atoms with Gasteiger partial charge < -0.3 is 10.6 Å². The average molecular weight is 586 g/mol. The number of nitrogens with one attached hydrogen (secondary N) is 4. The molecule has 0 spiro atoms. The minimum atomic E-state index is -5.05. The quantitative estimate of drug-likeness (QED) is 0.188. The molecule has 2 rings (SSSR count). The van der Waals surface area contributed by atoms with Crippen LogP contribution in [0.25, 0.3) is 0 Å². The fourth-order valence-corrected chi connectivity index (χ4v) is 2.99. The van der Waals surface area contributed by atoms with E-state index in [1.165, 1.54) is 62.4 Å². The smallest absolute Gasteiger partial charge is 0.318 e. The Hall–Kier alpha value is -4.76. The van der Waals surface area contributed by atoms with Gasteiger partial charge in [-0.25, -0.2) is 10.9 Å². The number of rotatable bonds is 10. The zero-order chi connectivity index (χ0) is 30.8. The molecule has 4 N–H and O–H groups in total. The van der Waals surface area contributed by atoms with Crippen molar-refractivity contribution in [2.24, 2.45) is 10.2 Å². The van der Waals surface area contributed by atoms with Gasteiger partial charge in [-0.1, -0.05) is 24.3 Å². The van der Waals surface area contributed by atoms with Crippen molar-refractivity contribution in [3.63, 3.8) is 0 Å². The maximum absolute atomic E-state index is 12.4. The van der Waals surface area contributed by atoms with Gasteiger partial charge in [-0.3, -0.25) is 19.2 Å². The van der Waals surface area contributed by atoms with E-state index in [1.807, 2.05) is 0 Å². The van der Waals surface area contributed by atoms with Crippen LogP contribution >= 0.6 is 0 Å². The molecule has 0 aliphatic heterocycles. The number of amides is 4. The van der Waals surface area contributed by atoms with E-state index in [1.54, 1.807) is 10.6 Å². The fraction of sp³-hybridized carbons (Fsp3) is 0.280. The first-order valence-corrected chi connectivity index (χ1v) is 11.7. The average Bonchev–Trinajstić information content (AvgIpc) is 2.89. The van der Waals surface area contributed by atoms with Crippen LogP contribution in [-0.4, -0.2) is 47.4 Å². The molecule has 0 saturated carbocycles. The predicted molar refractivity (Wildman–Crippen MR) is 137 cm³/mol. The largest absolute Gasteiger partial charge is 0.471 e. The Bertz CT molecular complexity index is 1250. The Morgan fingerprint density at radius 3 is 1.37 bits per heavy atom. The van der Waals surface area contributed by atoms with Gasteiger partial charge in [0, 0.05) is 24.2 Å². The standard InChI is InChI=1S/C25H24F6N6O4/c1-14(16-6-3-8-18(12-16)32-22(40)24(26,27)28)34-36-20(38)10-5-11-21(39)37-35-15(2)17-7-4-9-19(13-17)33-23(41)25(29,30)31/h3-4,6-9,12-13H,5,10-11H2,1-2H3,(H,32,40)(H,33,41)(H,36,38)(H,37,39). The molecule has 0 unspecified atom stereocenters. The van der Waals surface area contributed by atoms with Crippen molar-refractivity contribution < 1.29 is 45.5 Å². The molecule has 2 aromatic carbocycles. The monoisotopic (exact) mass is 586 g/mol. The summed E-state index contributed by atoms with van der Waals surface area (Å²) < 4.78 is 74.6. The van der Waals surface area contributed by atoms with Crippen LogP contribution in [0.3, 0.4) is 0 Å². The molecule has 10 nitrogen and oxygen atoms in total. The summed E-state index contributed by atoms with van der Waals surface area (Å²) in [5.41, 5.74) is 5.45. The number of halogens is 6. The highest BCUT2D eigenvalue weighted by Crippen LogP contribution is 2.20. The molecule has 0 aliphatic rings. The van der Waals surface area contributed by atoms with E-state index in [4.69, 9.17) is 0 Å². The SMILES string of the molecule is CC(=NNC(=O)CCCC(=O)NN=C(C)c1cccc(NC(=O)C(F)(F)F)c1)c1cccc(NC(=O)C(F)(F)F)c1. The lowest BCUT2D eigenvalue weighted by Crippen LogP contribution is -2.30. The van der Waals surface area contributed by atoms with Crippen LogP contribution in [0.15, 0.2) is 58.7 Å². The van der Waals surface area contributed by atoms with Crippen LogP contribution < -0.4 is 21.5 Å². The molecule has 220 valence electrons. The molecule has 0 aromatic heterocycles. The Morgan fingerprint density at radius 2 is 1.02 bits per heavy atom. The molecule has 0 fully saturated rings. The number of carbonyl (C=O) groups is 4. The van der Waals surface area contributed by atoms with Crippen molar-refractivity contribution in [3.8, 4) is 0 Å². The third-order valence-electron chi connectivity index (χ3n) is 5.10. The van der Waals surface area contributed by atoms with Crippen LogP contribution in [0.1, 0.15) is 44.2 Å². The molecule has 16 heteroatoms. The molecule has 2 aromatic rings. The van der Waals surface area contributed by atoms with Crippen molar-refractivity contribution in [2.75, 3.05) is 10.6 Å². The Labute approximate surface area is 229 Å². The summed E-state index contributed by atoms with van der Waals surface area (Å²) in [5, 5.41) is 11.2. The molecule has 0 atom stereocenters. The highest BCUT2D eigenvalue weighted by molar-refractivity contribution is 6.02. The highest BCUT2D eigenvalue weighted by atomic mass is 19.4. The molecule has 4 amide bonds. The number of carbonyl (C=O) groups excluding carboxylic acids is 4. The van der Waals surface area contributed by atoms with Gasteiger partial charge in [0.25, 0.3) is 0 Å². The predicted octanol–water partition coefficient (Wildman–Crippen LogP) is 4.24. The topological polar surface area (TPSA) is 141 Å². The van der Waals surface area contributed by atoms with Crippen LogP contribution in [0.5, 0.6) is 0 Å². The van der Waals surface area contributed by atoms with Crippen LogP contribution in [0.4, 0.5) is 37.7 Å². The first-order chi connectivity index (χ1) is 19.1. The lowest BCUT2D eigenvalue weighted by molar-refractivity contribution is -0.167. The van der Waals surface area contributed by atoms with E-state index in [9.17, 15) is 45.5 Å². The van der Waals surface area contributed by atoms with Gasteiger partial charge >= 0.3 is 24.2 Å². The van der Waals surface area contributed by atoms with Gasteiger partial charge in [0.2, 0.25) is 11.8 Å². The van der Waals surface area contributed by atoms with Gasteiger partial charge in [-0.15, -0.1) is 0 Å². The second-order valence-corrected chi connectivity index (χ2v) is 8.38. The van der Waals surface area contributed by atoms with Crippen molar-refractivity contribution in [1.29, 1.82) is 0 Å². The van der Waals surface area contributed by atoms with Crippen molar-refractivity contribution in [2.45, 2.75) is 45.5 Å². The maximum Gasteiger partial charge on any atom is 0.471 e. The summed E-state index contributed by atoms with van der Waals surface area (Å²) in [6, 6.07) is 10.8. The molecule has 0 aliphatic carbocycles. The molecule has 0 bridgehead atoms. The van der Waals surface area contributed by atoms with E-state index < -0.39 is 36.0 Å². The van der Waals surface area contributed by atoms with Crippen molar-refractivity contribution >= 4 is 46.4 Å². The van der Waals surface area contributed by atoms with E-state index >= 15 is 0 Å². The van der Waals surface area contributed by atoms with Crippen molar-refractivity contribution in [3.05, 3.63) is 59.7 Å². The second-order valence-electron chi connectivity index (χ2n) is 8.38. The van der Waals surface area contributed by atoms with Gasteiger partial charge in [-0.05, 0) is 55.7 Å². The highest BCUT2D eigenvalue weighted by Gasteiger charge is 2.39. The van der Waals surface area contributed by atoms with Gasteiger partial charge in [0.15, 0.2) is 0 Å². The zero-order valence-electron chi connectivity index (χ0n) is 21.5. The van der Waals surface area contributed by atoms with Gasteiger partial charge in [-0.2, -0.15) is 36.5 Å². The maximum atomic E-state index is 12.4.